The molecule has 3 aromatic rings. The van der Waals surface area contributed by atoms with Crippen LogP contribution in [0.25, 0.3) is 22.3 Å². The molecule has 3 aliphatic heterocycles. The monoisotopic (exact) mass is 470 g/mol. The van der Waals surface area contributed by atoms with E-state index in [0.29, 0.717) is 75.5 Å². The summed E-state index contributed by atoms with van der Waals surface area (Å²) in [7, 11) is -3.53. The minimum Gasteiger partial charge on any atom is -0.486 e. The minimum atomic E-state index is -3.53. The van der Waals surface area contributed by atoms with E-state index in [4.69, 9.17) is 24.2 Å². The first-order valence-corrected chi connectivity index (χ1v) is 13.1. The number of hydrogen-bond acceptors (Lipinski definition) is 8. The lowest BCUT2D eigenvalue weighted by molar-refractivity contribution is 0.0640. The number of sulfone groups is 1. The van der Waals surface area contributed by atoms with Crippen LogP contribution in [-0.2, 0) is 24.1 Å². The van der Waals surface area contributed by atoms with Gasteiger partial charge in [0.05, 0.1) is 19.3 Å². The lowest BCUT2D eigenvalue weighted by atomic mass is 9.93. The second-order valence-electron chi connectivity index (χ2n) is 8.90. The third kappa shape index (κ3) is 3.23. The number of hydrogen-bond donors (Lipinski definition) is 1. The lowest BCUT2D eigenvalue weighted by Gasteiger charge is -2.43. The van der Waals surface area contributed by atoms with Gasteiger partial charge in [-0.1, -0.05) is 12.1 Å². The number of morpholine rings is 1. The van der Waals surface area contributed by atoms with Gasteiger partial charge in [-0.15, -0.1) is 0 Å². The molecule has 0 amide bonds. The molecule has 33 heavy (non-hydrogen) atoms. The van der Waals surface area contributed by atoms with Crippen molar-refractivity contribution < 1.29 is 22.6 Å². The third-order valence-corrected chi connectivity index (χ3v) is 9.07. The summed E-state index contributed by atoms with van der Waals surface area (Å²) in [6.07, 6.45) is 3.84. The van der Waals surface area contributed by atoms with Crippen molar-refractivity contribution in [3.8, 4) is 17.1 Å². The number of aromatic nitrogens is 3. The second kappa shape index (κ2) is 7.68. The van der Waals surface area contributed by atoms with Crippen LogP contribution < -0.4 is 9.64 Å². The third-order valence-electron chi connectivity index (χ3n) is 7.05. The van der Waals surface area contributed by atoms with Crippen molar-refractivity contribution in [2.45, 2.75) is 23.6 Å². The molecule has 2 fully saturated rings. The van der Waals surface area contributed by atoms with Crippen LogP contribution in [-0.4, -0.2) is 75.2 Å². The van der Waals surface area contributed by atoms with Gasteiger partial charge in [-0.05, 0) is 25.0 Å². The maximum absolute atomic E-state index is 13.3. The molecule has 6 rings (SSSR count). The molecule has 9 nitrogen and oxygen atoms in total. The second-order valence-corrected chi connectivity index (χ2v) is 11.2. The highest BCUT2D eigenvalue weighted by Crippen LogP contribution is 2.48. The number of nitrogens with zero attached hydrogens (tertiary/aromatic N) is 3. The van der Waals surface area contributed by atoms with E-state index in [1.165, 1.54) is 6.26 Å². The molecule has 0 saturated carbocycles. The number of benzene rings is 1. The predicted molar refractivity (Wildman–Crippen MR) is 123 cm³/mol. The molecule has 3 aliphatic rings. The van der Waals surface area contributed by atoms with Gasteiger partial charge in [-0.3, -0.25) is 0 Å². The number of aromatic amines is 1. The predicted octanol–water partition coefficient (Wildman–Crippen LogP) is 2.27. The molecule has 2 saturated heterocycles. The van der Waals surface area contributed by atoms with E-state index in [1.54, 1.807) is 0 Å². The van der Waals surface area contributed by atoms with Crippen LogP contribution in [0.4, 0.5) is 5.82 Å². The summed E-state index contributed by atoms with van der Waals surface area (Å²) in [6.45, 7) is 2.92. The van der Waals surface area contributed by atoms with Crippen molar-refractivity contribution in [1.82, 2.24) is 15.0 Å². The summed E-state index contributed by atoms with van der Waals surface area (Å²) < 4.78 is 42.8. The summed E-state index contributed by atoms with van der Waals surface area (Å²) >= 11 is 0. The Morgan fingerprint density at radius 1 is 1.09 bits per heavy atom. The van der Waals surface area contributed by atoms with E-state index >= 15 is 0 Å². The fourth-order valence-electron chi connectivity index (χ4n) is 5.21. The van der Waals surface area contributed by atoms with E-state index in [1.807, 2.05) is 30.5 Å². The molecule has 1 unspecified atom stereocenters. The van der Waals surface area contributed by atoms with Crippen LogP contribution in [0.15, 0.2) is 30.5 Å². The van der Waals surface area contributed by atoms with Gasteiger partial charge in [-0.2, -0.15) is 0 Å². The fourth-order valence-corrected chi connectivity index (χ4v) is 6.61. The quantitative estimate of drug-likeness (QED) is 0.621. The molecule has 174 valence electrons. The molecule has 1 N–H and O–H groups in total. The highest BCUT2D eigenvalue weighted by atomic mass is 32.2. The van der Waals surface area contributed by atoms with Crippen molar-refractivity contribution in [2.75, 3.05) is 50.7 Å². The summed E-state index contributed by atoms with van der Waals surface area (Å²) in [5, 5.41) is 0.985. The minimum absolute atomic E-state index is 0.0359. The smallest absolute Gasteiger partial charge is 0.185 e. The van der Waals surface area contributed by atoms with Crippen LogP contribution in [0, 0.1) is 0 Å². The van der Waals surface area contributed by atoms with Crippen LogP contribution in [0.1, 0.15) is 18.5 Å². The van der Waals surface area contributed by atoms with Gasteiger partial charge in [0.25, 0.3) is 0 Å². The van der Waals surface area contributed by atoms with Gasteiger partial charge in [-0.25, -0.2) is 18.4 Å². The van der Waals surface area contributed by atoms with Gasteiger partial charge < -0.3 is 24.1 Å². The summed E-state index contributed by atoms with van der Waals surface area (Å²) in [5.41, 5.74) is 2.27. The average molecular weight is 471 g/mol. The van der Waals surface area contributed by atoms with Crippen LogP contribution in [0.2, 0.25) is 0 Å². The zero-order chi connectivity index (χ0) is 22.6. The summed E-state index contributed by atoms with van der Waals surface area (Å²) in [4.78, 5) is 15.3. The molecular formula is C23H26N4O5S. The first kappa shape index (κ1) is 20.9. The zero-order valence-corrected chi connectivity index (χ0v) is 19.2. The number of anilines is 1. The zero-order valence-electron chi connectivity index (χ0n) is 18.4. The van der Waals surface area contributed by atoms with Crippen LogP contribution in [0.3, 0.4) is 0 Å². The Hall–Kier alpha value is -2.69. The van der Waals surface area contributed by atoms with E-state index in [-0.39, 0.29) is 6.04 Å². The molecule has 0 bridgehead atoms. The van der Waals surface area contributed by atoms with E-state index in [0.717, 1.165) is 16.5 Å². The Balaban J connectivity index is 1.64. The molecule has 5 heterocycles. The molecule has 2 aromatic heterocycles. The molecular weight excluding hydrogens is 444 g/mol. The van der Waals surface area contributed by atoms with Gasteiger partial charge in [0.1, 0.15) is 17.0 Å². The molecule has 0 radical (unpaired) electrons. The maximum atomic E-state index is 13.3. The Kier molecular flexibility index (Phi) is 4.86. The maximum Gasteiger partial charge on any atom is 0.185 e. The number of H-pyrrole nitrogens is 1. The summed E-state index contributed by atoms with van der Waals surface area (Å²) in [5.74, 6) is 1.63. The number of nitrogens with one attached hydrogen (secondary N) is 1. The largest absolute Gasteiger partial charge is 0.486 e. The molecule has 0 spiro atoms. The van der Waals surface area contributed by atoms with Crippen molar-refractivity contribution in [1.29, 1.82) is 0 Å². The van der Waals surface area contributed by atoms with E-state index in [9.17, 15) is 8.42 Å². The average Bonchev–Trinajstić information content (AvgIpc) is 3.32. The first-order chi connectivity index (χ1) is 16.0. The standard InChI is InChI=1S/C23H26N4O5S/c1-33(28,29)23(6-10-30-11-7-23)20-19-22(27-9-12-31-13-15(27)14-32-19)26-21(25-20)17-3-2-4-18-16(17)5-8-24-18/h2-5,8,15,24H,6-7,9-14H2,1H3. The van der Waals surface area contributed by atoms with Crippen molar-refractivity contribution in [2.24, 2.45) is 0 Å². The Bertz CT molecular complexity index is 1320. The Labute approximate surface area is 192 Å². The molecule has 0 aliphatic carbocycles. The fraction of sp³-hybridized carbons (Fsp3) is 0.478. The Morgan fingerprint density at radius 2 is 1.94 bits per heavy atom. The first-order valence-electron chi connectivity index (χ1n) is 11.2. The topological polar surface area (TPSA) is 107 Å². The van der Waals surface area contributed by atoms with Gasteiger partial charge in [0.2, 0.25) is 0 Å². The molecule has 10 heteroatoms. The van der Waals surface area contributed by atoms with Crippen LogP contribution >= 0.6 is 0 Å². The summed E-state index contributed by atoms with van der Waals surface area (Å²) in [6, 6.07) is 7.94. The molecule has 1 atom stereocenters. The Morgan fingerprint density at radius 3 is 2.76 bits per heavy atom. The number of fused-ring (bicyclic) bond motifs is 4. The van der Waals surface area contributed by atoms with Crippen LogP contribution in [0.5, 0.6) is 5.75 Å². The highest BCUT2D eigenvalue weighted by Gasteiger charge is 2.50. The van der Waals surface area contributed by atoms with Gasteiger partial charge >= 0.3 is 0 Å². The van der Waals surface area contributed by atoms with Crippen molar-refractivity contribution >= 4 is 26.6 Å². The molecule has 1 aromatic carbocycles. The van der Waals surface area contributed by atoms with Gasteiger partial charge in [0.15, 0.2) is 27.2 Å². The van der Waals surface area contributed by atoms with Crippen molar-refractivity contribution in [3.63, 3.8) is 0 Å². The highest BCUT2D eigenvalue weighted by molar-refractivity contribution is 7.91. The normalized spacial score (nSPS) is 22.5. The van der Waals surface area contributed by atoms with Crippen molar-refractivity contribution in [3.05, 3.63) is 36.2 Å². The lowest BCUT2D eigenvalue weighted by Crippen LogP contribution is -2.52. The van der Waals surface area contributed by atoms with E-state index in [2.05, 4.69) is 9.88 Å². The SMILES string of the molecule is CS(=O)(=O)C1(c2nc(-c3cccc4[nH]ccc34)nc3c2OCC2COCCN32)CCOCC1. The van der Waals surface area contributed by atoms with E-state index < -0.39 is 14.6 Å². The number of ether oxygens (including phenoxy) is 3. The van der Waals surface area contributed by atoms with Gasteiger partial charge in [0, 0.05) is 48.7 Å². The number of rotatable bonds is 3.